The van der Waals surface area contributed by atoms with Gasteiger partial charge >= 0.3 is 0 Å². The van der Waals surface area contributed by atoms with Crippen molar-refractivity contribution >= 4 is 38.5 Å². The van der Waals surface area contributed by atoms with Gasteiger partial charge in [-0.1, -0.05) is 201 Å². The predicted octanol–water partition coefficient (Wildman–Crippen LogP) is 16.2. The third-order valence-electron chi connectivity index (χ3n) is 12.4. The van der Waals surface area contributed by atoms with Crippen LogP contribution in [0.3, 0.4) is 0 Å². The Morgan fingerprint density at radius 1 is 0.438 bits per heavy atom. The number of benzene rings is 9. The fourth-order valence-corrected chi connectivity index (χ4v) is 9.32. The molecule has 0 unspecified atom stereocenters. The zero-order valence-corrected chi connectivity index (χ0v) is 35.5. The molecule has 0 atom stereocenters. The zero-order valence-electron chi connectivity index (χ0n) is 35.5. The van der Waals surface area contributed by atoms with Gasteiger partial charge in [-0.05, 0) is 104 Å². The molecule has 302 valence electrons. The van der Waals surface area contributed by atoms with E-state index < -0.39 is 0 Å². The van der Waals surface area contributed by atoms with E-state index in [1.165, 1.54) is 49.3 Å². The summed E-state index contributed by atoms with van der Waals surface area (Å²) in [6, 6.07) is 75.7. The van der Waals surface area contributed by atoms with E-state index >= 15 is 0 Å². The Bertz CT molecular complexity index is 3550. The molecule has 0 fully saturated rings. The summed E-state index contributed by atoms with van der Waals surface area (Å²) < 4.78 is 2.34. The highest BCUT2D eigenvalue weighted by molar-refractivity contribution is 6.07. The van der Waals surface area contributed by atoms with Gasteiger partial charge in [-0.2, -0.15) is 0 Å². The SMILES string of the molecule is C=C/C=C\c1c(C)c2cc(-c3ccc(-c4ccc(-c5cc(-c6ccc7ccccc7c6-c6ccccc6)nc(-c6ccccc6)n5)c5ccccc45)cc3)ccc2n1-c1ccccc1. The second kappa shape index (κ2) is 16.5. The lowest BCUT2D eigenvalue weighted by atomic mass is 9.90. The number of aryl methyl sites for hydroxylation is 1. The van der Waals surface area contributed by atoms with Crippen LogP contribution in [0.15, 0.2) is 231 Å². The van der Waals surface area contributed by atoms with E-state index in [0.717, 1.165) is 61.5 Å². The Hall–Kier alpha value is -8.40. The highest BCUT2D eigenvalue weighted by Gasteiger charge is 2.19. The molecule has 0 N–H and O–H groups in total. The number of aromatic nitrogens is 3. The Kier molecular flexibility index (Phi) is 9.91. The fraction of sp³-hybridized carbons (Fsp3) is 0.0164. The Morgan fingerprint density at radius 2 is 1.00 bits per heavy atom. The predicted molar refractivity (Wildman–Crippen MR) is 270 cm³/mol. The van der Waals surface area contributed by atoms with Crippen LogP contribution in [0.2, 0.25) is 0 Å². The third-order valence-corrected chi connectivity index (χ3v) is 12.4. The van der Waals surface area contributed by atoms with Gasteiger partial charge in [-0.3, -0.25) is 0 Å². The quantitative estimate of drug-likeness (QED) is 0.136. The molecule has 0 spiro atoms. The summed E-state index contributed by atoms with van der Waals surface area (Å²) in [6.45, 7) is 6.13. The molecule has 11 aromatic rings. The van der Waals surface area contributed by atoms with Gasteiger partial charge in [-0.25, -0.2) is 9.97 Å². The van der Waals surface area contributed by atoms with E-state index in [1.54, 1.807) is 0 Å². The number of hydrogen-bond acceptors (Lipinski definition) is 2. The van der Waals surface area contributed by atoms with Crippen molar-refractivity contribution in [2.24, 2.45) is 0 Å². The van der Waals surface area contributed by atoms with Crippen LogP contribution in [-0.2, 0) is 0 Å². The minimum absolute atomic E-state index is 0.693. The fourth-order valence-electron chi connectivity index (χ4n) is 9.32. The van der Waals surface area contributed by atoms with Gasteiger partial charge in [0.05, 0.1) is 16.9 Å². The van der Waals surface area contributed by atoms with E-state index in [4.69, 9.17) is 9.97 Å². The number of nitrogens with zero attached hydrogens (tertiary/aromatic N) is 3. The van der Waals surface area contributed by atoms with E-state index in [0.29, 0.717) is 5.82 Å². The third kappa shape index (κ3) is 6.90. The van der Waals surface area contributed by atoms with Gasteiger partial charge in [0.1, 0.15) is 0 Å². The summed E-state index contributed by atoms with van der Waals surface area (Å²) in [6.07, 6.45) is 5.99. The van der Waals surface area contributed by atoms with Crippen LogP contribution in [0.25, 0.3) is 111 Å². The first-order valence-electron chi connectivity index (χ1n) is 21.8. The first-order chi connectivity index (χ1) is 31.6. The van der Waals surface area contributed by atoms with Crippen LogP contribution in [0, 0.1) is 6.92 Å². The zero-order chi connectivity index (χ0) is 43.0. The van der Waals surface area contributed by atoms with Crippen molar-refractivity contribution in [1.29, 1.82) is 0 Å². The van der Waals surface area contributed by atoms with E-state index in [-0.39, 0.29) is 0 Å². The number of rotatable bonds is 9. The van der Waals surface area contributed by atoms with E-state index in [9.17, 15) is 0 Å². The lowest BCUT2D eigenvalue weighted by Gasteiger charge is -2.17. The maximum atomic E-state index is 5.31. The van der Waals surface area contributed by atoms with Crippen molar-refractivity contribution < 1.29 is 0 Å². The van der Waals surface area contributed by atoms with Crippen molar-refractivity contribution in [1.82, 2.24) is 14.5 Å². The van der Waals surface area contributed by atoms with Crippen molar-refractivity contribution in [2.45, 2.75) is 6.92 Å². The molecular weight excluding hydrogens is 775 g/mol. The number of fused-ring (bicyclic) bond motifs is 3. The summed E-state index contributed by atoms with van der Waals surface area (Å²) in [4.78, 5) is 10.6. The summed E-state index contributed by atoms with van der Waals surface area (Å²) in [7, 11) is 0. The van der Waals surface area contributed by atoms with Crippen molar-refractivity contribution in [3.8, 4) is 73.0 Å². The first-order valence-corrected chi connectivity index (χ1v) is 21.8. The molecule has 11 rings (SSSR count). The maximum Gasteiger partial charge on any atom is 0.160 e. The molecule has 0 saturated heterocycles. The molecule has 0 aliphatic rings. The monoisotopic (exact) mass is 817 g/mol. The van der Waals surface area contributed by atoms with Gasteiger partial charge in [-0.15, -0.1) is 0 Å². The van der Waals surface area contributed by atoms with E-state index in [2.05, 4.69) is 218 Å². The molecule has 3 heteroatoms. The van der Waals surface area contributed by atoms with Crippen LogP contribution in [0.4, 0.5) is 0 Å². The van der Waals surface area contributed by atoms with Crippen LogP contribution in [0.1, 0.15) is 11.3 Å². The average Bonchev–Trinajstić information content (AvgIpc) is 3.65. The lowest BCUT2D eigenvalue weighted by Crippen LogP contribution is -1.98. The summed E-state index contributed by atoms with van der Waals surface area (Å²) >= 11 is 0. The topological polar surface area (TPSA) is 30.7 Å². The van der Waals surface area contributed by atoms with Gasteiger partial charge in [0.25, 0.3) is 0 Å². The highest BCUT2D eigenvalue weighted by Crippen LogP contribution is 2.42. The van der Waals surface area contributed by atoms with Crippen molar-refractivity contribution in [3.05, 3.63) is 242 Å². The molecule has 2 aromatic heterocycles. The van der Waals surface area contributed by atoms with Crippen LogP contribution >= 0.6 is 0 Å². The molecule has 0 saturated carbocycles. The minimum Gasteiger partial charge on any atom is -0.310 e. The van der Waals surface area contributed by atoms with Crippen molar-refractivity contribution in [2.75, 3.05) is 0 Å². The number of allylic oxidation sites excluding steroid dienone is 2. The second-order valence-corrected chi connectivity index (χ2v) is 16.2. The number of hydrogen-bond donors (Lipinski definition) is 0. The smallest absolute Gasteiger partial charge is 0.160 e. The molecule has 0 aliphatic heterocycles. The summed E-state index contributed by atoms with van der Waals surface area (Å²) in [5.74, 6) is 0.693. The largest absolute Gasteiger partial charge is 0.310 e. The van der Waals surface area contributed by atoms with Crippen LogP contribution < -0.4 is 0 Å². The van der Waals surface area contributed by atoms with Gasteiger partial charge in [0.2, 0.25) is 0 Å². The molecule has 0 aliphatic carbocycles. The first kappa shape index (κ1) is 38.5. The molecule has 0 bridgehead atoms. The molecule has 0 radical (unpaired) electrons. The van der Waals surface area contributed by atoms with E-state index in [1.807, 2.05) is 30.4 Å². The molecule has 9 aromatic carbocycles. The molecule has 64 heavy (non-hydrogen) atoms. The summed E-state index contributed by atoms with van der Waals surface area (Å²) in [5.41, 5.74) is 16.6. The van der Waals surface area contributed by atoms with Gasteiger partial charge in [0.15, 0.2) is 5.82 Å². The molecule has 3 nitrogen and oxygen atoms in total. The molecule has 0 amide bonds. The van der Waals surface area contributed by atoms with Crippen molar-refractivity contribution in [3.63, 3.8) is 0 Å². The minimum atomic E-state index is 0.693. The second-order valence-electron chi connectivity index (χ2n) is 16.2. The van der Waals surface area contributed by atoms with Gasteiger partial charge < -0.3 is 4.57 Å². The maximum absolute atomic E-state index is 5.31. The van der Waals surface area contributed by atoms with Crippen LogP contribution in [0.5, 0.6) is 0 Å². The normalized spacial score (nSPS) is 11.5. The Labute approximate surface area is 373 Å². The Morgan fingerprint density at radius 3 is 1.72 bits per heavy atom. The lowest BCUT2D eigenvalue weighted by molar-refractivity contribution is 1.10. The summed E-state index contributed by atoms with van der Waals surface area (Å²) in [5, 5.41) is 5.93. The standard InChI is InChI=1S/C61H43N3/c1-3-4-28-58-41(2)55-39-47(34-38-59(55)64(58)48-23-12-7-13-24-48)42-29-31-44(32-30-42)49-36-37-53(52-27-17-16-26-51(49)52)56-40-57(63-61(62-56)46-21-10-6-11-22-46)54-35-33-43-18-14-15-25-50(43)60(54)45-19-8-5-9-20-45/h3-40H,1H2,2H3/b28-4-. The number of para-hydroxylation sites is 1. The van der Waals surface area contributed by atoms with Crippen LogP contribution in [-0.4, -0.2) is 14.5 Å². The highest BCUT2D eigenvalue weighted by atomic mass is 15.0. The average molecular weight is 818 g/mol. The molecular formula is C61H43N3. The molecule has 2 heterocycles. The Balaban J connectivity index is 1.01. The van der Waals surface area contributed by atoms with Gasteiger partial charge in [0, 0.05) is 33.5 Å².